The number of carboxylic acid groups (broad SMARTS) is 1. The lowest BCUT2D eigenvalue weighted by Gasteiger charge is -2.29. The summed E-state index contributed by atoms with van der Waals surface area (Å²) >= 11 is 1.83. The predicted molar refractivity (Wildman–Crippen MR) is 88.8 cm³/mol. The van der Waals surface area contributed by atoms with E-state index in [0.29, 0.717) is 17.7 Å². The molecule has 3 nitrogen and oxygen atoms in total. The Bertz CT molecular complexity index is 501. The molecule has 2 N–H and O–H groups in total. The van der Waals surface area contributed by atoms with E-state index in [4.69, 9.17) is 0 Å². The molecule has 0 saturated heterocycles. The molecule has 1 fully saturated rings. The molecule has 1 saturated carbocycles. The zero-order valence-electron chi connectivity index (χ0n) is 13.1. The number of nitrogens with one attached hydrogen (secondary N) is 1. The van der Waals surface area contributed by atoms with E-state index in [1.165, 1.54) is 11.1 Å². The number of aliphatic carboxylic acids is 1. The summed E-state index contributed by atoms with van der Waals surface area (Å²) in [6.45, 7) is 6.06. The summed E-state index contributed by atoms with van der Waals surface area (Å²) in [5.41, 5.74) is 1.83. The number of hydrogen-bond donors (Lipinski definition) is 2. The molecule has 2 atom stereocenters. The molecule has 0 radical (unpaired) electrons. The van der Waals surface area contributed by atoms with Crippen LogP contribution in [0.15, 0.2) is 24.3 Å². The highest BCUT2D eigenvalue weighted by Crippen LogP contribution is 2.29. The third-order valence-corrected chi connectivity index (χ3v) is 5.27. The van der Waals surface area contributed by atoms with Gasteiger partial charge in [-0.2, -0.15) is 11.8 Å². The molecule has 0 amide bonds. The van der Waals surface area contributed by atoms with Gasteiger partial charge in [0.15, 0.2) is 0 Å². The molecule has 116 valence electrons. The van der Waals surface area contributed by atoms with E-state index in [1.807, 2.05) is 24.8 Å². The summed E-state index contributed by atoms with van der Waals surface area (Å²) in [7, 11) is 0. The average molecular weight is 307 g/mol. The van der Waals surface area contributed by atoms with Gasteiger partial charge >= 0.3 is 5.97 Å². The molecule has 1 aromatic rings. The SMILES string of the molecule is Cc1ccccc1CSC(C)CC(C)(NC1CC1)C(=O)O. The third-order valence-electron chi connectivity index (χ3n) is 4.05. The molecule has 21 heavy (non-hydrogen) atoms. The monoisotopic (exact) mass is 307 g/mol. The molecule has 1 aliphatic rings. The van der Waals surface area contributed by atoms with Gasteiger partial charge in [-0.25, -0.2) is 0 Å². The number of carboxylic acids is 1. The van der Waals surface area contributed by atoms with E-state index in [-0.39, 0.29) is 0 Å². The van der Waals surface area contributed by atoms with E-state index < -0.39 is 11.5 Å². The Morgan fingerprint density at radius 3 is 2.71 bits per heavy atom. The molecule has 2 unspecified atom stereocenters. The molecular formula is C17H25NO2S. The minimum absolute atomic E-state index is 0.303. The van der Waals surface area contributed by atoms with Gasteiger partial charge in [0.2, 0.25) is 0 Å². The Kier molecular flexibility index (Phi) is 5.33. The molecule has 0 heterocycles. The Morgan fingerprint density at radius 1 is 1.48 bits per heavy atom. The van der Waals surface area contributed by atoms with Crippen molar-refractivity contribution in [2.24, 2.45) is 0 Å². The summed E-state index contributed by atoms with van der Waals surface area (Å²) in [6, 6.07) is 8.78. The van der Waals surface area contributed by atoms with Gasteiger partial charge in [0.25, 0.3) is 0 Å². The molecule has 4 heteroatoms. The number of thioether (sulfide) groups is 1. The fourth-order valence-corrected chi connectivity index (χ4v) is 3.76. The van der Waals surface area contributed by atoms with Crippen LogP contribution >= 0.6 is 11.8 Å². The highest BCUT2D eigenvalue weighted by atomic mass is 32.2. The van der Waals surface area contributed by atoms with E-state index in [0.717, 1.165) is 18.6 Å². The van der Waals surface area contributed by atoms with Gasteiger partial charge in [-0.15, -0.1) is 0 Å². The van der Waals surface area contributed by atoms with Crippen molar-refractivity contribution in [3.8, 4) is 0 Å². The number of hydrogen-bond acceptors (Lipinski definition) is 3. The van der Waals surface area contributed by atoms with Crippen molar-refractivity contribution in [1.82, 2.24) is 5.32 Å². The maximum absolute atomic E-state index is 11.6. The van der Waals surface area contributed by atoms with Crippen molar-refractivity contribution < 1.29 is 9.90 Å². The summed E-state index contributed by atoms with van der Waals surface area (Å²) in [5.74, 6) is 0.199. The third kappa shape index (κ3) is 4.75. The van der Waals surface area contributed by atoms with Crippen LogP contribution in [0.5, 0.6) is 0 Å². The lowest BCUT2D eigenvalue weighted by Crippen LogP contribution is -2.52. The minimum atomic E-state index is -0.806. The van der Waals surface area contributed by atoms with Crippen LogP contribution in [-0.4, -0.2) is 27.9 Å². The largest absolute Gasteiger partial charge is 0.480 e. The summed E-state index contributed by atoms with van der Waals surface area (Å²) in [5, 5.41) is 13.1. The molecular weight excluding hydrogens is 282 g/mol. The van der Waals surface area contributed by atoms with Crippen LogP contribution in [0.4, 0.5) is 0 Å². The zero-order valence-corrected chi connectivity index (χ0v) is 13.9. The molecule has 0 spiro atoms. The first-order valence-corrected chi connectivity index (χ1v) is 8.63. The molecule has 1 aliphatic carbocycles. The van der Waals surface area contributed by atoms with Crippen molar-refractivity contribution in [3.63, 3.8) is 0 Å². The maximum Gasteiger partial charge on any atom is 0.323 e. The molecule has 0 aliphatic heterocycles. The fraction of sp³-hybridized carbons (Fsp3) is 0.588. The first-order chi connectivity index (χ1) is 9.90. The second-order valence-corrected chi connectivity index (χ2v) is 7.73. The van der Waals surface area contributed by atoms with E-state index in [1.54, 1.807) is 0 Å². The molecule has 0 aromatic heterocycles. The van der Waals surface area contributed by atoms with E-state index in [2.05, 4.69) is 37.4 Å². The van der Waals surface area contributed by atoms with Crippen LogP contribution in [-0.2, 0) is 10.5 Å². The van der Waals surface area contributed by atoms with Crippen molar-refractivity contribution in [2.45, 2.75) is 62.6 Å². The topological polar surface area (TPSA) is 49.3 Å². The van der Waals surface area contributed by atoms with Crippen LogP contribution in [0.3, 0.4) is 0 Å². The average Bonchev–Trinajstić information content (AvgIpc) is 3.21. The first-order valence-electron chi connectivity index (χ1n) is 7.58. The number of benzene rings is 1. The maximum atomic E-state index is 11.6. The van der Waals surface area contributed by atoms with Crippen molar-refractivity contribution in [3.05, 3.63) is 35.4 Å². The van der Waals surface area contributed by atoms with Gasteiger partial charge in [-0.05, 0) is 44.2 Å². The standard InChI is InChI=1S/C17H25NO2S/c1-12-6-4-5-7-14(12)11-21-13(2)10-17(3,16(19)20)18-15-8-9-15/h4-7,13,15,18H,8-11H2,1-3H3,(H,19,20). The molecule has 0 bridgehead atoms. The van der Waals surface area contributed by atoms with Crippen LogP contribution in [0.2, 0.25) is 0 Å². The van der Waals surface area contributed by atoms with Gasteiger partial charge in [-0.1, -0.05) is 31.2 Å². The summed E-state index contributed by atoms with van der Waals surface area (Å²) in [6.07, 6.45) is 2.86. The summed E-state index contributed by atoms with van der Waals surface area (Å²) < 4.78 is 0. The lowest BCUT2D eigenvalue weighted by atomic mass is 9.96. The fourth-order valence-electron chi connectivity index (χ4n) is 2.52. The predicted octanol–water partition coefficient (Wildman–Crippen LogP) is 3.60. The highest BCUT2D eigenvalue weighted by Gasteiger charge is 2.39. The van der Waals surface area contributed by atoms with Crippen molar-refractivity contribution >= 4 is 17.7 Å². The Balaban J connectivity index is 1.88. The number of carbonyl (C=O) groups is 1. The number of rotatable bonds is 8. The minimum Gasteiger partial charge on any atom is -0.480 e. The van der Waals surface area contributed by atoms with Crippen LogP contribution < -0.4 is 5.32 Å². The van der Waals surface area contributed by atoms with E-state index >= 15 is 0 Å². The summed E-state index contributed by atoms with van der Waals surface area (Å²) in [4.78, 5) is 11.6. The molecule has 2 rings (SSSR count). The smallest absolute Gasteiger partial charge is 0.323 e. The Labute approximate surface area is 131 Å². The van der Waals surface area contributed by atoms with Gasteiger partial charge in [0.05, 0.1) is 0 Å². The van der Waals surface area contributed by atoms with Crippen LogP contribution in [0, 0.1) is 6.92 Å². The first kappa shape index (κ1) is 16.4. The van der Waals surface area contributed by atoms with Gasteiger partial charge in [0.1, 0.15) is 5.54 Å². The second-order valence-electron chi connectivity index (χ2n) is 6.31. The number of aryl methyl sites for hydroxylation is 1. The van der Waals surface area contributed by atoms with Gasteiger partial charge in [-0.3, -0.25) is 10.1 Å². The van der Waals surface area contributed by atoms with Crippen molar-refractivity contribution in [2.75, 3.05) is 0 Å². The normalized spacial score (nSPS) is 19.0. The highest BCUT2D eigenvalue weighted by molar-refractivity contribution is 7.99. The van der Waals surface area contributed by atoms with Crippen LogP contribution in [0.1, 0.15) is 44.2 Å². The van der Waals surface area contributed by atoms with E-state index in [9.17, 15) is 9.90 Å². The van der Waals surface area contributed by atoms with Crippen molar-refractivity contribution in [1.29, 1.82) is 0 Å². The quantitative estimate of drug-likeness (QED) is 0.770. The zero-order chi connectivity index (χ0) is 15.5. The lowest BCUT2D eigenvalue weighted by molar-refractivity contribution is -0.144. The molecule has 1 aromatic carbocycles. The Hall–Kier alpha value is -1.00. The Morgan fingerprint density at radius 2 is 2.14 bits per heavy atom. The van der Waals surface area contributed by atoms with Gasteiger partial charge in [0, 0.05) is 17.0 Å². The van der Waals surface area contributed by atoms with Gasteiger partial charge < -0.3 is 5.11 Å². The second kappa shape index (κ2) is 6.84. The van der Waals surface area contributed by atoms with Crippen LogP contribution in [0.25, 0.3) is 0 Å².